The van der Waals surface area contributed by atoms with Gasteiger partial charge in [0.15, 0.2) is 0 Å². The van der Waals surface area contributed by atoms with E-state index in [0.717, 1.165) is 20.9 Å². The lowest BCUT2D eigenvalue weighted by Crippen LogP contribution is -2.10. The second-order valence-electron chi connectivity index (χ2n) is 9.54. The second kappa shape index (κ2) is 9.69. The highest BCUT2D eigenvalue weighted by molar-refractivity contribution is 14.1. The van der Waals surface area contributed by atoms with E-state index in [2.05, 4.69) is 159 Å². The molecule has 0 saturated heterocycles. The molecule has 31 heavy (non-hydrogen) atoms. The molecule has 0 unspecified atom stereocenters. The highest BCUT2D eigenvalue weighted by Gasteiger charge is 2.14. The van der Waals surface area contributed by atoms with Crippen LogP contribution in [0.3, 0.4) is 0 Å². The summed E-state index contributed by atoms with van der Waals surface area (Å²) in [5.74, 6) is 13.4. The molecule has 0 nitrogen and oxygen atoms in total. The zero-order valence-corrected chi connectivity index (χ0v) is 23.9. The zero-order valence-electron chi connectivity index (χ0n) is 18.8. The second-order valence-corrected chi connectivity index (χ2v) is 12.7. The fourth-order valence-corrected chi connectivity index (χ4v) is 5.54. The Balaban J connectivity index is 1.82. The number of thiophene rings is 1. The zero-order chi connectivity index (χ0) is 22.8. The minimum atomic E-state index is 0.159. The summed E-state index contributed by atoms with van der Waals surface area (Å²) < 4.78 is 2.38. The first kappa shape index (κ1) is 24.4. The van der Waals surface area contributed by atoms with Crippen LogP contribution in [0, 0.1) is 30.8 Å². The van der Waals surface area contributed by atoms with E-state index in [9.17, 15) is 0 Å². The Kier molecular flexibility index (Phi) is 7.62. The van der Waals surface area contributed by atoms with Crippen molar-refractivity contribution in [1.29, 1.82) is 0 Å². The molecule has 0 aliphatic rings. The Morgan fingerprint density at radius 2 is 0.871 bits per heavy atom. The highest BCUT2D eigenvalue weighted by Crippen LogP contribution is 2.30. The molecule has 0 saturated carbocycles. The van der Waals surface area contributed by atoms with Gasteiger partial charge in [-0.2, -0.15) is 0 Å². The lowest BCUT2D eigenvalue weighted by molar-refractivity contribution is 0.590. The summed E-state index contributed by atoms with van der Waals surface area (Å²) in [6, 6.07) is 17.2. The van der Waals surface area contributed by atoms with Gasteiger partial charge in [0, 0.05) is 11.1 Å². The maximum atomic E-state index is 3.36. The lowest BCUT2D eigenvalue weighted by atomic mass is 9.87. The standard InChI is InChI=1S/C28H26I2S/c1-27(2,3)21-13-7-19(8-14-21)11-17-23-25(29)26(30)24(31-23)18-12-20-9-15-22(16-10-20)28(4,5)6/h7-10,13-16H,1-6H3. The average Bonchev–Trinajstić information content (AvgIpc) is 2.98. The van der Waals surface area contributed by atoms with E-state index in [0.29, 0.717) is 0 Å². The summed E-state index contributed by atoms with van der Waals surface area (Å²) in [7, 11) is 0. The van der Waals surface area contributed by atoms with Gasteiger partial charge in [-0.15, -0.1) is 11.3 Å². The van der Waals surface area contributed by atoms with Gasteiger partial charge in [0.25, 0.3) is 0 Å². The van der Waals surface area contributed by atoms with Crippen LogP contribution in [-0.2, 0) is 10.8 Å². The van der Waals surface area contributed by atoms with Crippen LogP contribution < -0.4 is 0 Å². The van der Waals surface area contributed by atoms with Gasteiger partial charge in [-0.3, -0.25) is 0 Å². The van der Waals surface area contributed by atoms with Crippen LogP contribution in [-0.4, -0.2) is 0 Å². The number of hydrogen-bond acceptors (Lipinski definition) is 1. The van der Waals surface area contributed by atoms with E-state index in [1.807, 2.05) is 0 Å². The molecule has 0 spiro atoms. The van der Waals surface area contributed by atoms with Gasteiger partial charge in [-0.25, -0.2) is 0 Å². The number of benzene rings is 2. The summed E-state index contributed by atoms with van der Waals surface area (Å²) in [5, 5.41) is 0. The molecule has 0 aliphatic carbocycles. The molecule has 0 bridgehead atoms. The van der Waals surface area contributed by atoms with Crippen molar-refractivity contribution >= 4 is 56.5 Å². The molecule has 1 heterocycles. The molecule has 3 aromatic rings. The van der Waals surface area contributed by atoms with Crippen molar-refractivity contribution in [2.75, 3.05) is 0 Å². The number of halogens is 2. The minimum absolute atomic E-state index is 0.159. The van der Waals surface area contributed by atoms with Gasteiger partial charge in [0.2, 0.25) is 0 Å². The van der Waals surface area contributed by atoms with Crippen LogP contribution in [0.25, 0.3) is 0 Å². The monoisotopic (exact) mass is 648 g/mol. The van der Waals surface area contributed by atoms with E-state index in [1.165, 1.54) is 18.3 Å². The maximum Gasteiger partial charge on any atom is 0.0929 e. The number of rotatable bonds is 0. The maximum absolute atomic E-state index is 3.36. The van der Waals surface area contributed by atoms with E-state index in [-0.39, 0.29) is 10.8 Å². The van der Waals surface area contributed by atoms with Gasteiger partial charge in [-0.05, 0) is 103 Å². The Morgan fingerprint density at radius 3 is 1.16 bits per heavy atom. The van der Waals surface area contributed by atoms with Gasteiger partial charge in [0.1, 0.15) is 0 Å². The van der Waals surface area contributed by atoms with E-state index >= 15 is 0 Å². The Bertz CT molecular complexity index is 1100. The molecule has 2 aromatic carbocycles. The Morgan fingerprint density at radius 1 is 0.548 bits per heavy atom. The lowest BCUT2D eigenvalue weighted by Gasteiger charge is -2.18. The number of hydrogen-bond donors (Lipinski definition) is 0. The van der Waals surface area contributed by atoms with Crippen molar-refractivity contribution in [3.05, 3.63) is 87.7 Å². The first-order valence-electron chi connectivity index (χ1n) is 10.2. The van der Waals surface area contributed by atoms with Gasteiger partial charge in [0.05, 0.1) is 16.9 Å². The van der Waals surface area contributed by atoms with Crippen LogP contribution in [0.1, 0.15) is 73.6 Å². The van der Waals surface area contributed by atoms with Crippen LogP contribution in [0.2, 0.25) is 0 Å². The average molecular weight is 648 g/mol. The highest BCUT2D eigenvalue weighted by atomic mass is 127. The summed E-state index contributed by atoms with van der Waals surface area (Å²) in [6.07, 6.45) is 0. The van der Waals surface area contributed by atoms with Crippen LogP contribution >= 0.6 is 56.5 Å². The molecular formula is C28H26I2S. The Labute approximate surface area is 218 Å². The normalized spacial score (nSPS) is 11.4. The molecule has 0 fully saturated rings. The smallest absolute Gasteiger partial charge is 0.0929 e. The van der Waals surface area contributed by atoms with Crippen molar-refractivity contribution in [2.24, 2.45) is 0 Å². The largest absolute Gasteiger partial charge is 0.116 e. The molecule has 0 aliphatic heterocycles. The van der Waals surface area contributed by atoms with E-state index in [1.54, 1.807) is 11.3 Å². The third-order valence-corrected chi connectivity index (χ3v) is 9.88. The van der Waals surface area contributed by atoms with Crippen LogP contribution in [0.5, 0.6) is 0 Å². The van der Waals surface area contributed by atoms with Crippen molar-refractivity contribution in [1.82, 2.24) is 0 Å². The summed E-state index contributed by atoms with van der Waals surface area (Å²) in [6.45, 7) is 13.4. The third kappa shape index (κ3) is 6.37. The molecule has 3 rings (SSSR count). The van der Waals surface area contributed by atoms with Crippen molar-refractivity contribution < 1.29 is 0 Å². The first-order valence-corrected chi connectivity index (χ1v) is 13.2. The molecule has 0 amide bonds. The minimum Gasteiger partial charge on any atom is -0.116 e. The van der Waals surface area contributed by atoms with E-state index < -0.39 is 0 Å². The third-order valence-electron chi connectivity index (χ3n) is 4.94. The topological polar surface area (TPSA) is 0 Å². The summed E-state index contributed by atoms with van der Waals surface area (Å²) in [4.78, 5) is 2.16. The van der Waals surface area contributed by atoms with Crippen LogP contribution in [0.15, 0.2) is 48.5 Å². The fraction of sp³-hybridized carbons (Fsp3) is 0.286. The van der Waals surface area contributed by atoms with Gasteiger partial charge < -0.3 is 0 Å². The van der Waals surface area contributed by atoms with Gasteiger partial charge in [-0.1, -0.05) is 77.6 Å². The molecule has 158 valence electrons. The predicted molar refractivity (Wildman–Crippen MR) is 152 cm³/mol. The quantitative estimate of drug-likeness (QED) is 0.170. The molecule has 0 N–H and O–H groups in total. The summed E-state index contributed by atoms with van der Waals surface area (Å²) in [5.41, 5.74) is 5.05. The molecule has 0 atom stereocenters. The molecule has 3 heteroatoms. The first-order chi connectivity index (χ1) is 14.4. The predicted octanol–water partition coefficient (Wildman–Crippen LogP) is 8.35. The van der Waals surface area contributed by atoms with Crippen LogP contribution in [0.4, 0.5) is 0 Å². The van der Waals surface area contributed by atoms with Gasteiger partial charge >= 0.3 is 0 Å². The Hall–Kier alpha value is -1.28. The SMILES string of the molecule is CC(C)(C)c1ccc(C#Cc2sc(C#Cc3ccc(C(C)(C)C)cc3)c(I)c2I)cc1. The molecule has 1 aromatic heterocycles. The fourth-order valence-electron chi connectivity index (χ4n) is 2.92. The van der Waals surface area contributed by atoms with Crippen molar-refractivity contribution in [3.8, 4) is 23.7 Å². The van der Waals surface area contributed by atoms with Crippen molar-refractivity contribution in [2.45, 2.75) is 52.4 Å². The molecule has 0 radical (unpaired) electrons. The van der Waals surface area contributed by atoms with E-state index in [4.69, 9.17) is 0 Å². The molecular weight excluding hydrogens is 622 g/mol. The summed E-state index contributed by atoms with van der Waals surface area (Å²) >= 11 is 6.45. The van der Waals surface area contributed by atoms with Crippen molar-refractivity contribution in [3.63, 3.8) is 0 Å².